The normalized spacial score (nSPS) is 20.9. The van der Waals surface area contributed by atoms with E-state index in [1.54, 1.807) is 18.7 Å². The fraction of sp³-hybridized carbons (Fsp3) is 0.412. The molecule has 2 aliphatic rings. The van der Waals surface area contributed by atoms with Gasteiger partial charge >= 0.3 is 12.0 Å². The summed E-state index contributed by atoms with van der Waals surface area (Å²) >= 11 is 0. The van der Waals surface area contributed by atoms with Gasteiger partial charge in [0.1, 0.15) is 0 Å². The highest BCUT2D eigenvalue weighted by atomic mass is 19.2. The summed E-state index contributed by atoms with van der Waals surface area (Å²) in [7, 11) is 0. The van der Waals surface area contributed by atoms with Gasteiger partial charge in [-0.3, -0.25) is 4.90 Å². The Balaban J connectivity index is 2.07. The second-order valence-electron chi connectivity index (χ2n) is 5.88. The van der Waals surface area contributed by atoms with Gasteiger partial charge in [-0.05, 0) is 44.4 Å². The Bertz CT molecular complexity index is 729. The molecule has 2 amide bonds. The lowest BCUT2D eigenvalue weighted by Crippen LogP contribution is -2.48. The van der Waals surface area contributed by atoms with Crippen LogP contribution in [-0.4, -0.2) is 29.5 Å². The predicted octanol–water partition coefficient (Wildman–Crippen LogP) is 3.03. The van der Waals surface area contributed by atoms with Crippen molar-refractivity contribution in [3.8, 4) is 0 Å². The van der Waals surface area contributed by atoms with Crippen LogP contribution >= 0.6 is 0 Å². The Morgan fingerprint density at radius 2 is 2.04 bits per heavy atom. The first-order valence-electron chi connectivity index (χ1n) is 7.86. The fourth-order valence-corrected chi connectivity index (χ4v) is 2.94. The number of halogens is 2. The van der Waals surface area contributed by atoms with Gasteiger partial charge in [0.2, 0.25) is 0 Å². The van der Waals surface area contributed by atoms with Gasteiger partial charge in [0.15, 0.2) is 11.6 Å². The van der Waals surface area contributed by atoms with Crippen molar-refractivity contribution in [2.45, 2.75) is 38.8 Å². The van der Waals surface area contributed by atoms with Crippen molar-refractivity contribution in [1.29, 1.82) is 0 Å². The summed E-state index contributed by atoms with van der Waals surface area (Å²) in [5.41, 5.74) is 1.03. The number of urea groups is 1. The number of hydrogen-bond donors (Lipinski definition) is 1. The van der Waals surface area contributed by atoms with Crippen LogP contribution in [0.4, 0.5) is 13.6 Å². The third-order valence-electron chi connectivity index (χ3n) is 4.21. The molecule has 1 atom stereocenters. The molecule has 1 fully saturated rings. The van der Waals surface area contributed by atoms with E-state index in [1.165, 1.54) is 6.07 Å². The zero-order valence-corrected chi connectivity index (χ0v) is 13.4. The van der Waals surface area contributed by atoms with E-state index >= 15 is 0 Å². The van der Waals surface area contributed by atoms with Crippen molar-refractivity contribution in [3.63, 3.8) is 0 Å². The zero-order chi connectivity index (χ0) is 17.4. The monoisotopic (exact) mass is 336 g/mol. The molecule has 5 nitrogen and oxygen atoms in total. The Hall–Kier alpha value is -2.44. The van der Waals surface area contributed by atoms with E-state index in [0.717, 1.165) is 25.0 Å². The quantitative estimate of drug-likeness (QED) is 0.860. The highest BCUT2D eigenvalue weighted by Crippen LogP contribution is 2.38. The summed E-state index contributed by atoms with van der Waals surface area (Å²) < 4.78 is 31.9. The van der Waals surface area contributed by atoms with Crippen LogP contribution in [0.25, 0.3) is 0 Å². The highest BCUT2D eigenvalue weighted by Gasteiger charge is 2.42. The summed E-state index contributed by atoms with van der Waals surface area (Å²) in [6.45, 7) is 3.54. The van der Waals surface area contributed by atoms with Crippen LogP contribution in [0.2, 0.25) is 0 Å². The lowest BCUT2D eigenvalue weighted by molar-refractivity contribution is -0.139. The van der Waals surface area contributed by atoms with Gasteiger partial charge in [-0.15, -0.1) is 0 Å². The third kappa shape index (κ3) is 2.86. The number of esters is 1. The molecule has 3 rings (SSSR count). The molecule has 0 radical (unpaired) electrons. The molecule has 1 aliphatic heterocycles. The van der Waals surface area contributed by atoms with Crippen LogP contribution in [-0.2, 0) is 9.53 Å². The molecule has 1 heterocycles. The minimum absolute atomic E-state index is 0.0698. The zero-order valence-electron chi connectivity index (χ0n) is 13.4. The van der Waals surface area contributed by atoms with Crippen molar-refractivity contribution in [2.75, 3.05) is 6.61 Å². The van der Waals surface area contributed by atoms with Crippen LogP contribution in [0.3, 0.4) is 0 Å². The second-order valence-corrected chi connectivity index (χ2v) is 5.88. The number of carbonyl (C=O) groups is 2. The van der Waals surface area contributed by atoms with E-state index in [2.05, 4.69) is 5.32 Å². The van der Waals surface area contributed by atoms with E-state index in [0.29, 0.717) is 11.3 Å². The molecule has 128 valence electrons. The molecular weight excluding hydrogens is 318 g/mol. The molecule has 1 saturated carbocycles. The highest BCUT2D eigenvalue weighted by molar-refractivity contribution is 5.95. The standard InChI is InChI=1S/C17H18F2N2O3/c1-3-24-16(22)14-9(2)21(11-5-6-11)17(23)20-15(14)10-4-7-12(18)13(19)8-10/h4,7-8,11,15H,3,5-6H2,1-2H3,(H,20,23)/t15-/m1/s1. The molecule has 0 bridgehead atoms. The Morgan fingerprint density at radius 1 is 1.33 bits per heavy atom. The minimum atomic E-state index is -1.03. The molecule has 24 heavy (non-hydrogen) atoms. The number of carbonyl (C=O) groups excluding carboxylic acids is 2. The summed E-state index contributed by atoms with van der Waals surface area (Å²) in [5, 5.41) is 2.71. The number of hydrogen-bond acceptors (Lipinski definition) is 3. The Kier molecular flexibility index (Phi) is 4.26. The summed E-state index contributed by atoms with van der Waals surface area (Å²) in [5.74, 6) is -2.60. The topological polar surface area (TPSA) is 58.6 Å². The van der Waals surface area contributed by atoms with Crippen molar-refractivity contribution in [1.82, 2.24) is 10.2 Å². The second kappa shape index (κ2) is 6.22. The maximum absolute atomic E-state index is 13.6. The van der Waals surface area contributed by atoms with Crippen LogP contribution in [0.15, 0.2) is 29.5 Å². The molecule has 7 heteroatoms. The van der Waals surface area contributed by atoms with E-state index in [1.807, 2.05) is 0 Å². The van der Waals surface area contributed by atoms with E-state index in [-0.39, 0.29) is 24.3 Å². The smallest absolute Gasteiger partial charge is 0.338 e. The van der Waals surface area contributed by atoms with Crippen LogP contribution < -0.4 is 5.32 Å². The molecular formula is C17H18F2N2O3. The SMILES string of the molecule is CCOC(=O)C1=C(C)N(C2CC2)C(=O)N[C@@H]1c1ccc(F)c(F)c1. The summed E-state index contributed by atoms with van der Waals surface area (Å²) in [6.07, 6.45) is 1.74. The Morgan fingerprint density at radius 3 is 2.62 bits per heavy atom. The third-order valence-corrected chi connectivity index (χ3v) is 4.21. The summed E-state index contributed by atoms with van der Waals surface area (Å²) in [4.78, 5) is 26.4. The van der Waals surface area contributed by atoms with Crippen LogP contribution in [0.1, 0.15) is 38.3 Å². The molecule has 0 aromatic heterocycles. The van der Waals surface area contributed by atoms with Crippen molar-refractivity contribution >= 4 is 12.0 Å². The van der Waals surface area contributed by atoms with Gasteiger partial charge in [-0.1, -0.05) is 6.07 Å². The average molecular weight is 336 g/mol. The van der Waals surface area contributed by atoms with Crippen molar-refractivity contribution in [2.24, 2.45) is 0 Å². The number of nitrogens with one attached hydrogen (secondary N) is 1. The minimum Gasteiger partial charge on any atom is -0.463 e. The number of ether oxygens (including phenoxy) is 1. The first kappa shape index (κ1) is 16.4. The van der Waals surface area contributed by atoms with Gasteiger partial charge in [0.05, 0.1) is 18.2 Å². The lowest BCUT2D eigenvalue weighted by Gasteiger charge is -2.35. The Labute approximate surface area is 138 Å². The van der Waals surface area contributed by atoms with E-state index in [4.69, 9.17) is 4.74 Å². The van der Waals surface area contributed by atoms with Gasteiger partial charge < -0.3 is 10.1 Å². The van der Waals surface area contributed by atoms with Crippen LogP contribution in [0.5, 0.6) is 0 Å². The number of rotatable bonds is 4. The fourth-order valence-electron chi connectivity index (χ4n) is 2.94. The molecule has 1 aromatic carbocycles. The first-order valence-corrected chi connectivity index (χ1v) is 7.86. The molecule has 0 saturated heterocycles. The molecule has 0 spiro atoms. The maximum Gasteiger partial charge on any atom is 0.338 e. The number of allylic oxidation sites excluding steroid dienone is 1. The van der Waals surface area contributed by atoms with Gasteiger partial charge in [-0.2, -0.15) is 0 Å². The molecule has 0 unspecified atom stereocenters. The van der Waals surface area contributed by atoms with E-state index < -0.39 is 23.6 Å². The molecule has 1 aromatic rings. The number of nitrogens with zero attached hydrogens (tertiary/aromatic N) is 1. The van der Waals surface area contributed by atoms with Gasteiger partial charge in [0, 0.05) is 11.7 Å². The van der Waals surface area contributed by atoms with Gasteiger partial charge in [0.25, 0.3) is 0 Å². The largest absolute Gasteiger partial charge is 0.463 e. The average Bonchev–Trinajstić information content (AvgIpc) is 3.34. The molecule has 1 aliphatic carbocycles. The predicted molar refractivity (Wildman–Crippen MR) is 81.8 cm³/mol. The lowest BCUT2D eigenvalue weighted by atomic mass is 9.94. The number of benzene rings is 1. The van der Waals surface area contributed by atoms with Crippen molar-refractivity contribution < 1.29 is 23.1 Å². The maximum atomic E-state index is 13.6. The van der Waals surface area contributed by atoms with E-state index in [9.17, 15) is 18.4 Å². The number of amides is 2. The summed E-state index contributed by atoms with van der Waals surface area (Å²) in [6, 6.07) is 2.16. The first-order chi connectivity index (χ1) is 11.4. The van der Waals surface area contributed by atoms with Crippen molar-refractivity contribution in [3.05, 3.63) is 46.7 Å². The van der Waals surface area contributed by atoms with Crippen LogP contribution in [0, 0.1) is 11.6 Å². The van der Waals surface area contributed by atoms with Gasteiger partial charge in [-0.25, -0.2) is 18.4 Å². The molecule has 1 N–H and O–H groups in total.